The van der Waals surface area contributed by atoms with Crippen molar-refractivity contribution in [1.29, 1.82) is 0 Å². The molecule has 8 nitrogen and oxygen atoms in total. The first-order valence-electron chi connectivity index (χ1n) is 8.17. The van der Waals surface area contributed by atoms with E-state index in [4.69, 9.17) is 4.74 Å². The number of halogens is 1. The molecule has 0 spiro atoms. The zero-order valence-electron chi connectivity index (χ0n) is 14.2. The molecule has 1 N–H and O–H groups in total. The molecule has 1 unspecified atom stereocenters. The number of carbonyl (C=O) groups is 2. The minimum atomic E-state index is -0.738. The van der Waals surface area contributed by atoms with Gasteiger partial charge in [-0.15, -0.1) is 10.2 Å². The molecule has 1 atom stereocenters. The van der Waals surface area contributed by atoms with Crippen molar-refractivity contribution < 1.29 is 18.7 Å². The summed E-state index contributed by atoms with van der Waals surface area (Å²) in [4.78, 5) is 25.4. The number of tetrazole rings is 1. The lowest BCUT2D eigenvalue weighted by molar-refractivity contribution is -0.118. The number of benzene rings is 2. The summed E-state index contributed by atoms with van der Waals surface area (Å²) in [7, 11) is 0. The number of fused-ring (bicyclic) bond motifs is 1. The van der Waals surface area contributed by atoms with Gasteiger partial charge in [0.1, 0.15) is 17.6 Å². The Kier molecular flexibility index (Phi) is 4.11. The van der Waals surface area contributed by atoms with Gasteiger partial charge in [-0.25, -0.2) is 4.39 Å². The minimum absolute atomic E-state index is 0.0531. The monoisotopic (exact) mass is 367 g/mol. The number of ether oxygens (including phenoxy) is 1. The number of rotatable bonds is 4. The molecule has 27 heavy (non-hydrogen) atoms. The van der Waals surface area contributed by atoms with E-state index in [0.29, 0.717) is 22.6 Å². The highest BCUT2D eigenvalue weighted by Gasteiger charge is 2.23. The summed E-state index contributed by atoms with van der Waals surface area (Å²) in [6.45, 7) is 1.58. The zero-order valence-corrected chi connectivity index (χ0v) is 14.2. The quantitative estimate of drug-likeness (QED) is 0.710. The summed E-state index contributed by atoms with van der Waals surface area (Å²) in [5.41, 5.74) is 1.28. The largest absolute Gasteiger partial charge is 0.482 e. The Morgan fingerprint density at radius 2 is 2.15 bits per heavy atom. The predicted octanol–water partition coefficient (Wildman–Crippen LogP) is 2.25. The molecule has 3 aromatic rings. The van der Waals surface area contributed by atoms with Gasteiger partial charge < -0.3 is 10.1 Å². The number of ketones is 1. The van der Waals surface area contributed by atoms with Crippen LogP contribution in [-0.4, -0.2) is 38.5 Å². The minimum Gasteiger partial charge on any atom is -0.482 e. The van der Waals surface area contributed by atoms with Crippen LogP contribution in [0.3, 0.4) is 0 Å². The number of anilines is 1. The van der Waals surface area contributed by atoms with Crippen LogP contribution in [0.15, 0.2) is 42.5 Å². The number of carbonyl (C=O) groups excluding carboxylic acids is 2. The molecule has 1 aliphatic heterocycles. The maximum Gasteiger partial charge on any atom is 0.262 e. The number of aromatic nitrogens is 4. The number of amides is 1. The second-order valence-corrected chi connectivity index (χ2v) is 6.03. The molecule has 2 heterocycles. The molecule has 1 aliphatic rings. The third kappa shape index (κ3) is 3.26. The molecule has 9 heteroatoms. The van der Waals surface area contributed by atoms with Gasteiger partial charge in [0.2, 0.25) is 5.82 Å². The number of nitrogens with zero attached hydrogens (tertiary/aromatic N) is 4. The molecule has 136 valence electrons. The van der Waals surface area contributed by atoms with Gasteiger partial charge in [-0.2, -0.15) is 4.80 Å². The average Bonchev–Trinajstić information content (AvgIpc) is 3.16. The number of hydrogen-bond acceptors (Lipinski definition) is 6. The lowest BCUT2D eigenvalue weighted by Crippen LogP contribution is -2.26. The highest BCUT2D eigenvalue weighted by atomic mass is 19.1. The van der Waals surface area contributed by atoms with Crippen molar-refractivity contribution in [3.05, 3.63) is 53.8 Å². The summed E-state index contributed by atoms with van der Waals surface area (Å²) < 4.78 is 18.6. The molecule has 2 aromatic carbocycles. The van der Waals surface area contributed by atoms with E-state index in [0.717, 1.165) is 0 Å². The third-order valence-corrected chi connectivity index (χ3v) is 4.13. The van der Waals surface area contributed by atoms with Crippen LogP contribution in [0, 0.1) is 5.82 Å². The highest BCUT2D eigenvalue weighted by Crippen LogP contribution is 2.29. The molecule has 0 aliphatic carbocycles. The number of hydrogen-bond donors (Lipinski definition) is 1. The Labute approximate surface area is 152 Å². The van der Waals surface area contributed by atoms with Crippen LogP contribution >= 0.6 is 0 Å². The summed E-state index contributed by atoms with van der Waals surface area (Å²) in [6, 6.07) is 9.86. The van der Waals surface area contributed by atoms with Gasteiger partial charge in [-0.3, -0.25) is 9.59 Å². The Balaban J connectivity index is 1.58. The van der Waals surface area contributed by atoms with E-state index in [1.165, 1.54) is 16.9 Å². The van der Waals surface area contributed by atoms with Crippen LogP contribution in [0.1, 0.15) is 23.3 Å². The van der Waals surface area contributed by atoms with Crippen LogP contribution < -0.4 is 10.1 Å². The van der Waals surface area contributed by atoms with Gasteiger partial charge in [-0.1, -0.05) is 12.1 Å². The SMILES string of the molecule is CC(C(=O)c1ccc2c(c1)NC(=O)CO2)n1nnc(-c2cccc(F)c2)n1. The van der Waals surface area contributed by atoms with E-state index in [-0.39, 0.29) is 24.1 Å². The van der Waals surface area contributed by atoms with E-state index in [1.54, 1.807) is 37.3 Å². The Morgan fingerprint density at radius 3 is 2.96 bits per heavy atom. The lowest BCUT2D eigenvalue weighted by atomic mass is 10.0. The molecular formula is C18H14FN5O3. The van der Waals surface area contributed by atoms with Crippen molar-refractivity contribution >= 4 is 17.4 Å². The fraction of sp³-hybridized carbons (Fsp3) is 0.167. The van der Waals surface area contributed by atoms with Crippen molar-refractivity contribution in [3.63, 3.8) is 0 Å². The molecule has 0 fully saturated rings. The van der Waals surface area contributed by atoms with E-state index in [9.17, 15) is 14.0 Å². The maximum atomic E-state index is 13.4. The molecule has 1 amide bonds. The van der Waals surface area contributed by atoms with Crippen molar-refractivity contribution in [1.82, 2.24) is 20.2 Å². The number of Topliss-reactive ketones (excluding diaryl/α,β-unsaturated/α-hetero) is 1. The van der Waals surface area contributed by atoms with Crippen molar-refractivity contribution in [2.24, 2.45) is 0 Å². The van der Waals surface area contributed by atoms with Crippen molar-refractivity contribution in [3.8, 4) is 17.1 Å². The average molecular weight is 367 g/mol. The van der Waals surface area contributed by atoms with Gasteiger partial charge in [0, 0.05) is 11.1 Å². The smallest absolute Gasteiger partial charge is 0.262 e. The molecular weight excluding hydrogens is 353 g/mol. The first-order chi connectivity index (χ1) is 13.0. The molecule has 4 rings (SSSR count). The summed E-state index contributed by atoms with van der Waals surface area (Å²) >= 11 is 0. The van der Waals surface area contributed by atoms with Gasteiger partial charge in [0.25, 0.3) is 5.91 Å². The van der Waals surface area contributed by atoms with E-state index < -0.39 is 11.9 Å². The van der Waals surface area contributed by atoms with Crippen LogP contribution in [-0.2, 0) is 4.79 Å². The van der Waals surface area contributed by atoms with Gasteiger partial charge in [0.15, 0.2) is 12.4 Å². The fourth-order valence-corrected chi connectivity index (χ4v) is 2.71. The standard InChI is InChI=1S/C18H14FN5O3/c1-10(24-22-18(21-23-24)12-3-2-4-13(19)7-12)17(26)11-5-6-15-14(8-11)20-16(25)9-27-15/h2-8,10H,9H2,1H3,(H,20,25). The lowest BCUT2D eigenvalue weighted by Gasteiger charge is -2.18. The van der Waals surface area contributed by atoms with Crippen molar-refractivity contribution in [2.45, 2.75) is 13.0 Å². The second-order valence-electron chi connectivity index (χ2n) is 6.03. The van der Waals surface area contributed by atoms with E-state index in [2.05, 4.69) is 20.7 Å². The fourth-order valence-electron chi connectivity index (χ4n) is 2.71. The third-order valence-electron chi connectivity index (χ3n) is 4.13. The molecule has 0 bridgehead atoms. The van der Waals surface area contributed by atoms with Crippen LogP contribution in [0.4, 0.5) is 10.1 Å². The summed E-state index contributed by atoms with van der Waals surface area (Å²) in [6.07, 6.45) is 0. The Morgan fingerprint density at radius 1 is 1.30 bits per heavy atom. The zero-order chi connectivity index (χ0) is 19.0. The highest BCUT2D eigenvalue weighted by molar-refractivity contribution is 6.02. The normalized spacial score (nSPS) is 14.1. The predicted molar refractivity (Wildman–Crippen MR) is 92.8 cm³/mol. The first kappa shape index (κ1) is 16.8. The van der Waals surface area contributed by atoms with Gasteiger partial charge >= 0.3 is 0 Å². The summed E-state index contributed by atoms with van der Waals surface area (Å²) in [5, 5.41) is 14.6. The van der Waals surface area contributed by atoms with Gasteiger partial charge in [0.05, 0.1) is 5.69 Å². The Hall–Kier alpha value is -3.62. The van der Waals surface area contributed by atoms with Crippen LogP contribution in [0.2, 0.25) is 0 Å². The van der Waals surface area contributed by atoms with Crippen LogP contribution in [0.25, 0.3) is 11.4 Å². The number of nitrogens with one attached hydrogen (secondary N) is 1. The van der Waals surface area contributed by atoms with E-state index >= 15 is 0 Å². The second kappa shape index (κ2) is 6.60. The van der Waals surface area contributed by atoms with Crippen molar-refractivity contribution in [2.75, 3.05) is 11.9 Å². The Bertz CT molecular complexity index is 1050. The first-order valence-corrected chi connectivity index (χ1v) is 8.17. The molecule has 0 radical (unpaired) electrons. The maximum absolute atomic E-state index is 13.4. The van der Waals surface area contributed by atoms with Crippen LogP contribution in [0.5, 0.6) is 5.75 Å². The topological polar surface area (TPSA) is 99.0 Å². The molecule has 1 aromatic heterocycles. The molecule has 0 saturated carbocycles. The van der Waals surface area contributed by atoms with E-state index in [1.807, 2.05) is 0 Å². The summed E-state index contributed by atoms with van der Waals surface area (Å²) in [5.74, 6) is -0.226. The molecule has 0 saturated heterocycles. The van der Waals surface area contributed by atoms with Gasteiger partial charge in [-0.05, 0) is 42.5 Å².